The highest BCUT2D eigenvalue weighted by Gasteiger charge is 2.12. The Morgan fingerprint density at radius 2 is 1.96 bits per heavy atom. The van der Waals surface area contributed by atoms with E-state index < -0.39 is 5.91 Å². The van der Waals surface area contributed by atoms with Crippen molar-refractivity contribution in [2.75, 3.05) is 7.11 Å². The first-order valence-corrected chi connectivity index (χ1v) is 7.26. The second kappa shape index (κ2) is 6.37. The molecule has 0 saturated carbocycles. The van der Waals surface area contributed by atoms with Crippen molar-refractivity contribution < 1.29 is 9.53 Å². The molecule has 0 radical (unpaired) electrons. The van der Waals surface area contributed by atoms with E-state index in [-0.39, 0.29) is 5.96 Å². The normalized spacial score (nSPS) is 10.4. The third-order valence-electron chi connectivity index (χ3n) is 3.61. The lowest BCUT2D eigenvalue weighted by atomic mass is 9.99. The van der Waals surface area contributed by atoms with E-state index >= 15 is 0 Å². The first-order chi connectivity index (χ1) is 11.6. The fourth-order valence-electron chi connectivity index (χ4n) is 2.55. The Balaban J connectivity index is 2.22. The van der Waals surface area contributed by atoms with E-state index in [0.29, 0.717) is 17.0 Å². The fourth-order valence-corrected chi connectivity index (χ4v) is 2.55. The zero-order valence-corrected chi connectivity index (χ0v) is 13.1. The summed E-state index contributed by atoms with van der Waals surface area (Å²) in [6.45, 7) is 0. The predicted molar refractivity (Wildman–Crippen MR) is 93.9 cm³/mol. The van der Waals surface area contributed by atoms with Crippen molar-refractivity contribution in [2.24, 2.45) is 16.5 Å². The second-order valence-electron chi connectivity index (χ2n) is 5.14. The maximum atomic E-state index is 12.1. The summed E-state index contributed by atoms with van der Waals surface area (Å²) >= 11 is 0. The van der Waals surface area contributed by atoms with Crippen LogP contribution >= 0.6 is 0 Å². The minimum absolute atomic E-state index is 0.264. The smallest absolute Gasteiger partial charge is 0.280 e. The molecule has 0 saturated heterocycles. The maximum Gasteiger partial charge on any atom is 0.280 e. The van der Waals surface area contributed by atoms with Crippen LogP contribution in [0.1, 0.15) is 10.4 Å². The van der Waals surface area contributed by atoms with E-state index in [1.165, 1.54) is 0 Å². The highest BCUT2D eigenvalue weighted by molar-refractivity contribution is 6.06. The molecule has 1 amide bonds. The number of nitrogens with zero attached hydrogens (tertiary/aromatic N) is 2. The van der Waals surface area contributed by atoms with Crippen LogP contribution < -0.4 is 16.2 Å². The third kappa shape index (κ3) is 2.89. The lowest BCUT2D eigenvalue weighted by Crippen LogP contribution is -2.24. The number of aliphatic imine (C=N–C) groups is 1. The van der Waals surface area contributed by atoms with Gasteiger partial charge in [-0.2, -0.15) is 4.99 Å². The van der Waals surface area contributed by atoms with Gasteiger partial charge in [0, 0.05) is 17.3 Å². The number of fused-ring (bicyclic) bond motifs is 1. The van der Waals surface area contributed by atoms with Crippen molar-refractivity contribution in [3.63, 3.8) is 0 Å². The molecule has 0 bridgehead atoms. The highest BCUT2D eigenvalue weighted by Crippen LogP contribution is 2.33. The SMILES string of the molecule is COc1cccnc1-c1cccc2ccc(C(=O)N=C(N)N)cc12. The zero-order chi connectivity index (χ0) is 17.1. The molecule has 0 unspecified atom stereocenters. The van der Waals surface area contributed by atoms with E-state index in [1.807, 2.05) is 30.3 Å². The number of carbonyl (C=O) groups is 1. The van der Waals surface area contributed by atoms with Crippen molar-refractivity contribution in [3.05, 3.63) is 60.3 Å². The molecule has 120 valence electrons. The highest BCUT2D eigenvalue weighted by atomic mass is 16.5. The Kier molecular flexibility index (Phi) is 4.11. The van der Waals surface area contributed by atoms with Crippen molar-refractivity contribution >= 4 is 22.6 Å². The van der Waals surface area contributed by atoms with Gasteiger partial charge in [0.25, 0.3) is 5.91 Å². The summed E-state index contributed by atoms with van der Waals surface area (Å²) in [6, 6.07) is 14.8. The Morgan fingerprint density at radius 3 is 2.71 bits per heavy atom. The zero-order valence-electron chi connectivity index (χ0n) is 13.1. The number of rotatable bonds is 3. The van der Waals surface area contributed by atoms with Gasteiger partial charge >= 0.3 is 0 Å². The first kappa shape index (κ1) is 15.5. The molecule has 2 aromatic carbocycles. The van der Waals surface area contributed by atoms with Crippen LogP contribution in [0.25, 0.3) is 22.0 Å². The quantitative estimate of drug-likeness (QED) is 0.569. The maximum absolute atomic E-state index is 12.1. The fraction of sp³-hybridized carbons (Fsp3) is 0.0556. The van der Waals surface area contributed by atoms with E-state index in [9.17, 15) is 4.79 Å². The van der Waals surface area contributed by atoms with Crippen LogP contribution in [0.5, 0.6) is 5.75 Å². The lowest BCUT2D eigenvalue weighted by Gasteiger charge is -2.10. The summed E-state index contributed by atoms with van der Waals surface area (Å²) in [4.78, 5) is 20.1. The summed E-state index contributed by atoms with van der Waals surface area (Å²) in [7, 11) is 1.60. The van der Waals surface area contributed by atoms with Crippen LogP contribution in [0.15, 0.2) is 59.7 Å². The molecule has 0 fully saturated rings. The van der Waals surface area contributed by atoms with Gasteiger partial charge < -0.3 is 16.2 Å². The number of ether oxygens (including phenoxy) is 1. The van der Waals surface area contributed by atoms with E-state index in [4.69, 9.17) is 16.2 Å². The van der Waals surface area contributed by atoms with Crippen molar-refractivity contribution in [1.82, 2.24) is 4.98 Å². The average molecular weight is 320 g/mol. The molecule has 0 aliphatic rings. The molecule has 3 aromatic rings. The van der Waals surface area contributed by atoms with Crippen molar-refractivity contribution in [3.8, 4) is 17.0 Å². The molecule has 1 heterocycles. The molecule has 0 aliphatic heterocycles. The summed E-state index contributed by atoms with van der Waals surface area (Å²) in [5.41, 5.74) is 12.5. The number of amides is 1. The topological polar surface area (TPSA) is 104 Å². The number of pyridine rings is 1. The number of hydrogen-bond donors (Lipinski definition) is 2. The Labute approximate surface area is 138 Å². The van der Waals surface area contributed by atoms with Crippen LogP contribution in [-0.4, -0.2) is 24.0 Å². The molecule has 3 rings (SSSR count). The number of methoxy groups -OCH3 is 1. The molecule has 0 aliphatic carbocycles. The van der Waals surface area contributed by atoms with Gasteiger partial charge in [0.2, 0.25) is 0 Å². The minimum Gasteiger partial charge on any atom is -0.494 e. The number of aromatic nitrogens is 1. The Bertz CT molecular complexity index is 947. The number of carbonyl (C=O) groups excluding carboxylic acids is 1. The van der Waals surface area contributed by atoms with Gasteiger partial charge in [-0.15, -0.1) is 0 Å². The predicted octanol–water partition coefficient (Wildman–Crippen LogP) is 2.32. The summed E-state index contributed by atoms with van der Waals surface area (Å²) in [5.74, 6) is -0.0922. The summed E-state index contributed by atoms with van der Waals surface area (Å²) in [6.07, 6.45) is 1.70. The first-order valence-electron chi connectivity index (χ1n) is 7.26. The molecular weight excluding hydrogens is 304 g/mol. The molecule has 1 aromatic heterocycles. The van der Waals surface area contributed by atoms with E-state index in [0.717, 1.165) is 16.3 Å². The van der Waals surface area contributed by atoms with E-state index in [2.05, 4.69) is 9.98 Å². The average Bonchev–Trinajstić information content (AvgIpc) is 2.60. The lowest BCUT2D eigenvalue weighted by molar-refractivity contribution is 0.100. The van der Waals surface area contributed by atoms with Crippen LogP contribution in [0.4, 0.5) is 0 Å². The molecule has 0 spiro atoms. The minimum atomic E-state index is -0.486. The van der Waals surface area contributed by atoms with Gasteiger partial charge in [-0.05, 0) is 35.0 Å². The van der Waals surface area contributed by atoms with E-state index in [1.54, 1.807) is 31.5 Å². The van der Waals surface area contributed by atoms with Crippen LogP contribution in [0.2, 0.25) is 0 Å². The number of benzene rings is 2. The molecule has 6 heteroatoms. The van der Waals surface area contributed by atoms with Crippen LogP contribution in [-0.2, 0) is 0 Å². The summed E-state index contributed by atoms with van der Waals surface area (Å²) < 4.78 is 5.39. The molecule has 0 atom stereocenters. The number of nitrogens with two attached hydrogens (primary N) is 2. The van der Waals surface area contributed by atoms with Gasteiger partial charge in [-0.3, -0.25) is 9.78 Å². The van der Waals surface area contributed by atoms with Crippen molar-refractivity contribution in [1.29, 1.82) is 0 Å². The molecule has 6 nitrogen and oxygen atoms in total. The van der Waals surface area contributed by atoms with Gasteiger partial charge in [-0.25, -0.2) is 0 Å². The largest absolute Gasteiger partial charge is 0.494 e. The van der Waals surface area contributed by atoms with Crippen LogP contribution in [0.3, 0.4) is 0 Å². The number of guanidine groups is 1. The summed E-state index contributed by atoms with van der Waals surface area (Å²) in [5, 5.41) is 1.84. The molecular formula is C18H16N4O2. The van der Waals surface area contributed by atoms with Gasteiger partial charge in [0.15, 0.2) is 5.96 Å². The van der Waals surface area contributed by atoms with Gasteiger partial charge in [0.1, 0.15) is 11.4 Å². The number of hydrogen-bond acceptors (Lipinski definition) is 3. The molecule has 24 heavy (non-hydrogen) atoms. The monoisotopic (exact) mass is 320 g/mol. The Morgan fingerprint density at radius 1 is 1.12 bits per heavy atom. The molecule has 4 N–H and O–H groups in total. The third-order valence-corrected chi connectivity index (χ3v) is 3.61. The Hall–Kier alpha value is -3.41. The van der Waals surface area contributed by atoms with Gasteiger partial charge in [-0.1, -0.05) is 24.3 Å². The van der Waals surface area contributed by atoms with Crippen molar-refractivity contribution in [2.45, 2.75) is 0 Å². The second-order valence-corrected chi connectivity index (χ2v) is 5.14. The standard InChI is InChI=1S/C18H16N4O2/c1-24-15-6-3-9-21-16(15)13-5-2-4-11-7-8-12(10-14(11)13)17(23)22-18(19)20/h2-10H,1H3,(H4,19,20,22,23). The van der Waals surface area contributed by atoms with Gasteiger partial charge in [0.05, 0.1) is 7.11 Å². The van der Waals surface area contributed by atoms with Crippen LogP contribution in [0, 0.1) is 0 Å².